The normalized spacial score (nSPS) is 14.3. The highest BCUT2D eigenvalue weighted by molar-refractivity contribution is 5.91. The molecule has 43 heavy (non-hydrogen) atoms. The SMILES string of the molecule is CCO[C@H](C(=O)O)[C@@H](CCCc1ccc(-c2ccccc2C)cc1)C(=O)N[C@H](C(=O)N[C@H](C)c1ccccc1)C(C)(C)C. The van der Waals surface area contributed by atoms with E-state index < -0.39 is 35.4 Å². The van der Waals surface area contributed by atoms with Gasteiger partial charge in [0.2, 0.25) is 11.8 Å². The maximum Gasteiger partial charge on any atom is 0.333 e. The summed E-state index contributed by atoms with van der Waals surface area (Å²) in [6.07, 6.45) is 0.228. The highest BCUT2D eigenvalue weighted by atomic mass is 16.5. The topological polar surface area (TPSA) is 105 Å². The first-order chi connectivity index (χ1) is 20.4. The zero-order chi connectivity index (χ0) is 31.6. The molecule has 0 fully saturated rings. The zero-order valence-electron chi connectivity index (χ0n) is 26.2. The summed E-state index contributed by atoms with van der Waals surface area (Å²) in [5.41, 5.74) is 4.95. The van der Waals surface area contributed by atoms with Crippen LogP contribution < -0.4 is 10.6 Å². The largest absolute Gasteiger partial charge is 0.479 e. The van der Waals surface area contributed by atoms with Gasteiger partial charge in [-0.25, -0.2) is 4.79 Å². The molecule has 2 amide bonds. The third kappa shape index (κ3) is 9.52. The molecule has 0 saturated heterocycles. The van der Waals surface area contributed by atoms with Crippen LogP contribution in [0.1, 0.15) is 70.2 Å². The molecule has 3 aromatic rings. The minimum Gasteiger partial charge on any atom is -0.479 e. The minimum atomic E-state index is -1.32. The average molecular weight is 587 g/mol. The molecule has 0 aliphatic heterocycles. The van der Waals surface area contributed by atoms with Crippen LogP contribution in [0, 0.1) is 18.3 Å². The Labute approximate surface area is 256 Å². The van der Waals surface area contributed by atoms with Gasteiger partial charge in [0.25, 0.3) is 0 Å². The Bertz CT molecular complexity index is 1350. The molecule has 230 valence electrons. The summed E-state index contributed by atoms with van der Waals surface area (Å²) in [6.45, 7) is 11.5. The molecule has 3 N–H and O–H groups in total. The molecule has 0 saturated carbocycles. The van der Waals surface area contributed by atoms with Gasteiger partial charge < -0.3 is 20.5 Å². The fraction of sp³-hybridized carbons (Fsp3) is 0.417. The highest BCUT2D eigenvalue weighted by Crippen LogP contribution is 2.26. The standard InChI is InChI=1S/C36H46N2O5/c1-7-43-31(35(41)42)30(19-13-15-26-20-22-28(23-21-26)29-18-12-11-14-24(29)2)33(39)38-32(36(4,5)6)34(40)37-25(3)27-16-9-8-10-17-27/h8-12,14,16-18,20-23,25,30-32H,7,13,15,19H2,1-6H3,(H,37,40)(H,38,39)(H,41,42)/t25-,30-,31+,32-/m1/s1. The number of benzene rings is 3. The van der Waals surface area contributed by atoms with Gasteiger partial charge in [0.1, 0.15) is 6.04 Å². The van der Waals surface area contributed by atoms with E-state index in [4.69, 9.17) is 4.74 Å². The van der Waals surface area contributed by atoms with Crippen LogP contribution in [-0.4, -0.2) is 41.6 Å². The maximum atomic E-state index is 13.7. The predicted molar refractivity (Wildman–Crippen MR) is 170 cm³/mol. The smallest absolute Gasteiger partial charge is 0.333 e. The summed E-state index contributed by atoms with van der Waals surface area (Å²) in [5, 5.41) is 15.9. The van der Waals surface area contributed by atoms with Crippen molar-refractivity contribution in [3.63, 3.8) is 0 Å². The number of hydrogen-bond donors (Lipinski definition) is 3. The molecule has 7 nitrogen and oxygen atoms in total. The molecule has 0 aliphatic rings. The quantitative estimate of drug-likeness (QED) is 0.200. The van der Waals surface area contributed by atoms with E-state index in [1.165, 1.54) is 11.1 Å². The van der Waals surface area contributed by atoms with Gasteiger partial charge in [0.05, 0.1) is 12.0 Å². The number of amides is 2. The molecule has 3 rings (SSSR count). The zero-order valence-corrected chi connectivity index (χ0v) is 26.2. The molecular weight excluding hydrogens is 540 g/mol. The van der Waals surface area contributed by atoms with E-state index in [1.54, 1.807) is 6.92 Å². The maximum absolute atomic E-state index is 13.7. The summed E-state index contributed by atoms with van der Waals surface area (Å²) in [6, 6.07) is 25.0. The van der Waals surface area contributed by atoms with E-state index >= 15 is 0 Å². The first kappa shape index (κ1) is 33.5. The lowest BCUT2D eigenvalue weighted by Gasteiger charge is -2.33. The van der Waals surface area contributed by atoms with E-state index in [1.807, 2.05) is 70.2 Å². The van der Waals surface area contributed by atoms with Crippen molar-refractivity contribution in [2.24, 2.45) is 11.3 Å². The Morgan fingerprint density at radius 2 is 1.49 bits per heavy atom. The molecule has 0 heterocycles. The van der Waals surface area contributed by atoms with Crippen LogP contribution in [0.25, 0.3) is 11.1 Å². The third-order valence-corrected chi connectivity index (χ3v) is 7.76. The fourth-order valence-electron chi connectivity index (χ4n) is 5.28. The first-order valence-electron chi connectivity index (χ1n) is 15.1. The highest BCUT2D eigenvalue weighted by Gasteiger charge is 2.39. The fourth-order valence-corrected chi connectivity index (χ4v) is 5.28. The molecule has 3 aromatic carbocycles. The van der Waals surface area contributed by atoms with Crippen LogP contribution in [0.5, 0.6) is 0 Å². The van der Waals surface area contributed by atoms with Crippen LogP contribution in [0.2, 0.25) is 0 Å². The van der Waals surface area contributed by atoms with Crippen molar-refractivity contribution >= 4 is 17.8 Å². The molecule has 0 radical (unpaired) electrons. The summed E-state index contributed by atoms with van der Waals surface area (Å²) < 4.78 is 5.55. The van der Waals surface area contributed by atoms with Gasteiger partial charge in [0.15, 0.2) is 6.10 Å². The van der Waals surface area contributed by atoms with Crippen LogP contribution in [0.15, 0.2) is 78.9 Å². The Hall–Kier alpha value is -3.97. The number of carbonyl (C=O) groups excluding carboxylic acids is 2. The summed E-state index contributed by atoms with van der Waals surface area (Å²) in [7, 11) is 0. The second-order valence-electron chi connectivity index (χ2n) is 12.2. The van der Waals surface area contributed by atoms with Crippen molar-refractivity contribution in [2.75, 3.05) is 6.61 Å². The Morgan fingerprint density at radius 3 is 2.07 bits per heavy atom. The lowest BCUT2D eigenvalue weighted by molar-refractivity contribution is -0.158. The third-order valence-electron chi connectivity index (χ3n) is 7.76. The number of rotatable bonds is 14. The van der Waals surface area contributed by atoms with Gasteiger partial charge in [-0.05, 0) is 73.3 Å². The van der Waals surface area contributed by atoms with Gasteiger partial charge in [-0.2, -0.15) is 0 Å². The van der Waals surface area contributed by atoms with Crippen LogP contribution in [0.3, 0.4) is 0 Å². The molecular formula is C36H46N2O5. The molecule has 0 aromatic heterocycles. The van der Waals surface area contributed by atoms with Crippen molar-refractivity contribution in [3.8, 4) is 11.1 Å². The Kier molecular flexibility index (Phi) is 12.1. The number of carbonyl (C=O) groups is 3. The monoisotopic (exact) mass is 586 g/mol. The van der Waals surface area contributed by atoms with Gasteiger partial charge in [-0.1, -0.05) is 99.6 Å². The molecule has 0 bridgehead atoms. The second kappa shape index (κ2) is 15.5. The van der Waals surface area contributed by atoms with Gasteiger partial charge >= 0.3 is 5.97 Å². The number of carboxylic acid groups (broad SMARTS) is 1. The van der Waals surface area contributed by atoms with E-state index in [0.717, 1.165) is 16.7 Å². The molecule has 7 heteroatoms. The molecule has 0 aliphatic carbocycles. The van der Waals surface area contributed by atoms with Gasteiger partial charge in [-0.3, -0.25) is 9.59 Å². The van der Waals surface area contributed by atoms with Crippen LogP contribution in [-0.2, 0) is 25.5 Å². The van der Waals surface area contributed by atoms with Crippen LogP contribution >= 0.6 is 0 Å². The van der Waals surface area contributed by atoms with Crippen molar-refractivity contribution in [2.45, 2.75) is 79.0 Å². The Morgan fingerprint density at radius 1 is 0.860 bits per heavy atom. The molecule has 4 atom stereocenters. The molecule has 0 unspecified atom stereocenters. The van der Waals surface area contributed by atoms with Gasteiger partial charge in [0, 0.05) is 6.61 Å². The minimum absolute atomic E-state index is 0.152. The van der Waals surface area contributed by atoms with E-state index in [2.05, 4.69) is 54.0 Å². The second-order valence-corrected chi connectivity index (χ2v) is 12.2. The number of carboxylic acids is 1. The van der Waals surface area contributed by atoms with Crippen molar-refractivity contribution in [1.82, 2.24) is 10.6 Å². The average Bonchev–Trinajstić information content (AvgIpc) is 2.97. The van der Waals surface area contributed by atoms with Crippen molar-refractivity contribution < 1.29 is 24.2 Å². The summed E-state index contributed by atoms with van der Waals surface area (Å²) in [4.78, 5) is 39.4. The van der Waals surface area contributed by atoms with E-state index in [9.17, 15) is 19.5 Å². The molecule has 0 spiro atoms. The lowest BCUT2D eigenvalue weighted by Crippen LogP contribution is -2.56. The van der Waals surface area contributed by atoms with E-state index in [-0.39, 0.29) is 18.6 Å². The Balaban J connectivity index is 1.73. The van der Waals surface area contributed by atoms with Gasteiger partial charge in [-0.15, -0.1) is 0 Å². The summed E-state index contributed by atoms with van der Waals surface area (Å²) >= 11 is 0. The van der Waals surface area contributed by atoms with E-state index in [0.29, 0.717) is 19.3 Å². The number of nitrogens with one attached hydrogen (secondary N) is 2. The summed E-state index contributed by atoms with van der Waals surface area (Å²) in [5.74, 6) is -2.99. The number of aryl methyl sites for hydroxylation is 2. The number of ether oxygens (including phenoxy) is 1. The first-order valence-corrected chi connectivity index (χ1v) is 15.1. The van der Waals surface area contributed by atoms with Crippen molar-refractivity contribution in [3.05, 3.63) is 95.6 Å². The van der Waals surface area contributed by atoms with Crippen molar-refractivity contribution in [1.29, 1.82) is 0 Å². The number of hydrogen-bond acceptors (Lipinski definition) is 4. The van der Waals surface area contributed by atoms with Crippen LogP contribution in [0.4, 0.5) is 0 Å². The number of aliphatic carboxylic acids is 1. The predicted octanol–water partition coefficient (Wildman–Crippen LogP) is 6.50. The lowest BCUT2D eigenvalue weighted by atomic mass is 9.84.